The molecule has 0 radical (unpaired) electrons. The number of hydrogen-bond acceptors (Lipinski definition) is 2. The van der Waals surface area contributed by atoms with Crippen molar-refractivity contribution in [1.29, 1.82) is 0 Å². The Balaban J connectivity index is 2.00. The number of carboxylic acids is 1. The molecule has 1 aromatic heterocycles. The van der Waals surface area contributed by atoms with Gasteiger partial charge in [-0.25, -0.2) is 4.39 Å². The predicted octanol–water partition coefficient (Wildman–Crippen LogP) is 2.30. The lowest BCUT2D eigenvalue weighted by Crippen LogP contribution is -2.30. The summed E-state index contributed by atoms with van der Waals surface area (Å²) < 4.78 is 13.2. The topological polar surface area (TPSA) is 65.1 Å². The highest BCUT2D eigenvalue weighted by molar-refractivity contribution is 5.83. The van der Waals surface area contributed by atoms with Crippen molar-refractivity contribution in [2.24, 2.45) is 0 Å². The molecular formula is C14H17FN2O2. The zero-order chi connectivity index (χ0) is 13.8. The summed E-state index contributed by atoms with van der Waals surface area (Å²) in [6, 6.07) is 4.81. The molecule has 1 atom stereocenters. The molecule has 2 rings (SSSR count). The maximum absolute atomic E-state index is 13.2. The highest BCUT2D eigenvalue weighted by atomic mass is 19.1. The Morgan fingerprint density at radius 3 is 3.05 bits per heavy atom. The smallest absolute Gasteiger partial charge is 0.304 e. The second-order valence-electron chi connectivity index (χ2n) is 4.71. The van der Waals surface area contributed by atoms with E-state index in [4.69, 9.17) is 5.11 Å². The third-order valence-electron chi connectivity index (χ3n) is 3.09. The molecule has 0 aliphatic rings. The maximum Gasteiger partial charge on any atom is 0.304 e. The Kier molecular flexibility index (Phi) is 4.16. The maximum atomic E-state index is 13.2. The van der Waals surface area contributed by atoms with Gasteiger partial charge < -0.3 is 15.4 Å². The summed E-state index contributed by atoms with van der Waals surface area (Å²) >= 11 is 0. The van der Waals surface area contributed by atoms with Crippen LogP contribution >= 0.6 is 0 Å². The second-order valence-corrected chi connectivity index (χ2v) is 4.71. The Morgan fingerprint density at radius 2 is 2.32 bits per heavy atom. The van der Waals surface area contributed by atoms with Gasteiger partial charge >= 0.3 is 5.97 Å². The normalized spacial score (nSPS) is 12.7. The summed E-state index contributed by atoms with van der Waals surface area (Å²) in [6.07, 6.45) is 2.70. The second kappa shape index (κ2) is 5.84. The van der Waals surface area contributed by atoms with E-state index in [-0.39, 0.29) is 18.3 Å². The quantitative estimate of drug-likeness (QED) is 0.750. The number of halogens is 1. The molecule has 0 aliphatic carbocycles. The number of aromatic nitrogens is 1. The van der Waals surface area contributed by atoms with E-state index >= 15 is 0 Å². The van der Waals surface area contributed by atoms with E-state index in [1.54, 1.807) is 6.07 Å². The number of rotatable bonds is 6. The molecule has 19 heavy (non-hydrogen) atoms. The third kappa shape index (κ3) is 3.54. The van der Waals surface area contributed by atoms with Gasteiger partial charge in [-0.2, -0.15) is 0 Å². The van der Waals surface area contributed by atoms with E-state index in [9.17, 15) is 9.18 Å². The standard InChI is InChI=1S/C14H17FN2O2/c1-9(16-5-4-14(18)19)6-10-8-17-13-3-2-11(15)7-12(10)13/h2-3,7-9,16-17H,4-6H2,1H3,(H,18,19)/t9-/m1/s1. The molecule has 0 saturated carbocycles. The van der Waals surface area contributed by atoms with Crippen molar-refractivity contribution >= 4 is 16.9 Å². The molecule has 0 unspecified atom stereocenters. The van der Waals surface area contributed by atoms with Crippen LogP contribution in [0, 0.1) is 5.82 Å². The van der Waals surface area contributed by atoms with Crippen LogP contribution in [0.15, 0.2) is 24.4 Å². The van der Waals surface area contributed by atoms with Crippen LogP contribution in [0.3, 0.4) is 0 Å². The average molecular weight is 264 g/mol. The molecular weight excluding hydrogens is 247 g/mol. The fourth-order valence-electron chi connectivity index (χ4n) is 2.15. The van der Waals surface area contributed by atoms with Crippen molar-refractivity contribution < 1.29 is 14.3 Å². The summed E-state index contributed by atoms with van der Waals surface area (Å²) in [5.41, 5.74) is 1.94. The molecule has 1 aromatic carbocycles. The van der Waals surface area contributed by atoms with Crippen LogP contribution in [-0.2, 0) is 11.2 Å². The minimum atomic E-state index is -0.811. The van der Waals surface area contributed by atoms with Gasteiger partial charge in [0.2, 0.25) is 0 Å². The van der Waals surface area contributed by atoms with Crippen LogP contribution in [0.4, 0.5) is 4.39 Å². The Morgan fingerprint density at radius 1 is 1.53 bits per heavy atom. The van der Waals surface area contributed by atoms with Gasteiger partial charge in [0.15, 0.2) is 0 Å². The largest absolute Gasteiger partial charge is 0.481 e. The van der Waals surface area contributed by atoms with Crippen LogP contribution in [-0.4, -0.2) is 28.6 Å². The first-order valence-corrected chi connectivity index (χ1v) is 6.27. The van der Waals surface area contributed by atoms with Gasteiger partial charge in [-0.1, -0.05) is 0 Å². The van der Waals surface area contributed by atoms with Crippen LogP contribution < -0.4 is 5.32 Å². The van der Waals surface area contributed by atoms with Crippen LogP contribution in [0.5, 0.6) is 0 Å². The number of benzene rings is 1. The first kappa shape index (κ1) is 13.5. The molecule has 2 aromatic rings. The van der Waals surface area contributed by atoms with Gasteiger partial charge in [0.1, 0.15) is 5.82 Å². The number of aliphatic carboxylic acids is 1. The van der Waals surface area contributed by atoms with Crippen LogP contribution in [0.1, 0.15) is 18.9 Å². The number of H-pyrrole nitrogens is 1. The highest BCUT2D eigenvalue weighted by Gasteiger charge is 2.09. The molecule has 3 N–H and O–H groups in total. The van der Waals surface area contributed by atoms with Gasteiger partial charge in [0, 0.05) is 29.7 Å². The molecule has 0 aliphatic heterocycles. The van der Waals surface area contributed by atoms with Gasteiger partial charge in [-0.15, -0.1) is 0 Å². The Labute approximate surface area is 110 Å². The average Bonchev–Trinajstić information content (AvgIpc) is 2.71. The molecule has 5 heteroatoms. The van der Waals surface area contributed by atoms with Crippen LogP contribution in [0.2, 0.25) is 0 Å². The van der Waals surface area contributed by atoms with Gasteiger partial charge in [-0.3, -0.25) is 4.79 Å². The van der Waals surface area contributed by atoms with Crippen molar-refractivity contribution in [2.45, 2.75) is 25.8 Å². The zero-order valence-electron chi connectivity index (χ0n) is 10.7. The molecule has 0 amide bonds. The minimum absolute atomic E-state index is 0.104. The van der Waals surface area contributed by atoms with E-state index in [1.165, 1.54) is 12.1 Å². The first-order valence-electron chi connectivity index (χ1n) is 6.27. The minimum Gasteiger partial charge on any atom is -0.481 e. The SMILES string of the molecule is C[C@H](Cc1c[nH]c2ccc(F)cc12)NCCC(=O)O. The number of carboxylic acid groups (broad SMARTS) is 1. The molecule has 4 nitrogen and oxygen atoms in total. The van der Waals surface area contributed by atoms with Gasteiger partial charge in [0.05, 0.1) is 6.42 Å². The van der Waals surface area contributed by atoms with E-state index in [0.717, 1.165) is 22.9 Å². The monoisotopic (exact) mass is 264 g/mol. The number of fused-ring (bicyclic) bond motifs is 1. The molecule has 0 bridgehead atoms. The van der Waals surface area contributed by atoms with E-state index in [2.05, 4.69) is 10.3 Å². The lowest BCUT2D eigenvalue weighted by atomic mass is 10.1. The highest BCUT2D eigenvalue weighted by Crippen LogP contribution is 2.20. The van der Waals surface area contributed by atoms with E-state index < -0.39 is 5.97 Å². The number of aromatic amines is 1. The molecule has 1 heterocycles. The number of nitrogens with one attached hydrogen (secondary N) is 2. The summed E-state index contributed by atoms with van der Waals surface area (Å²) in [7, 11) is 0. The summed E-state index contributed by atoms with van der Waals surface area (Å²) in [5, 5.41) is 12.6. The van der Waals surface area contributed by atoms with Crippen molar-refractivity contribution in [3.63, 3.8) is 0 Å². The first-order chi connectivity index (χ1) is 9.06. The molecule has 0 spiro atoms. The van der Waals surface area contributed by atoms with E-state index in [0.29, 0.717) is 6.54 Å². The van der Waals surface area contributed by atoms with Gasteiger partial charge in [0.25, 0.3) is 0 Å². The van der Waals surface area contributed by atoms with Crippen LogP contribution in [0.25, 0.3) is 10.9 Å². The number of carbonyl (C=O) groups is 1. The van der Waals surface area contributed by atoms with Crippen molar-refractivity contribution in [1.82, 2.24) is 10.3 Å². The fraction of sp³-hybridized carbons (Fsp3) is 0.357. The molecule has 102 valence electrons. The third-order valence-corrected chi connectivity index (χ3v) is 3.09. The lowest BCUT2D eigenvalue weighted by Gasteiger charge is -2.12. The predicted molar refractivity (Wildman–Crippen MR) is 71.7 cm³/mol. The van der Waals surface area contributed by atoms with Crippen molar-refractivity contribution in [3.8, 4) is 0 Å². The Hall–Kier alpha value is -1.88. The van der Waals surface area contributed by atoms with Crippen molar-refractivity contribution in [2.75, 3.05) is 6.54 Å². The summed E-state index contributed by atoms with van der Waals surface area (Å²) in [6.45, 7) is 2.42. The molecule has 0 fully saturated rings. The molecule has 0 saturated heterocycles. The fourth-order valence-corrected chi connectivity index (χ4v) is 2.15. The van der Waals surface area contributed by atoms with Crippen molar-refractivity contribution in [3.05, 3.63) is 35.8 Å². The van der Waals surface area contributed by atoms with Gasteiger partial charge in [-0.05, 0) is 37.1 Å². The summed E-state index contributed by atoms with van der Waals surface area (Å²) in [4.78, 5) is 13.5. The van der Waals surface area contributed by atoms with E-state index in [1.807, 2.05) is 13.1 Å². The Bertz CT molecular complexity index is 580. The zero-order valence-corrected chi connectivity index (χ0v) is 10.7. The lowest BCUT2D eigenvalue weighted by molar-refractivity contribution is -0.136. The summed E-state index contributed by atoms with van der Waals surface area (Å²) in [5.74, 6) is -1.06. The number of hydrogen-bond donors (Lipinski definition) is 3.